The minimum atomic E-state index is -4.61. The number of piperidine rings is 1. The molecule has 4 aliphatic rings. The monoisotopic (exact) mass is 946 g/mol. The number of carbonyl (C=O) groups is 4. The molecular formula is C48H70N2O15S. The van der Waals surface area contributed by atoms with Gasteiger partial charge in [0.05, 0.1) is 23.2 Å². The van der Waals surface area contributed by atoms with Gasteiger partial charge in [-0.2, -0.15) is 8.42 Å². The molecule has 1 aliphatic carbocycles. The summed E-state index contributed by atoms with van der Waals surface area (Å²) in [5.41, 5.74) is 0.977. The maximum Gasteiger partial charge on any atom is 0.329 e. The van der Waals surface area contributed by atoms with Crippen molar-refractivity contribution >= 4 is 39.2 Å². The summed E-state index contributed by atoms with van der Waals surface area (Å²) in [4.78, 5) is 68.2. The van der Waals surface area contributed by atoms with E-state index in [1.54, 1.807) is 13.8 Å². The molecule has 3 heterocycles. The minimum absolute atomic E-state index is 0.0293. The first-order chi connectivity index (χ1) is 31.1. The van der Waals surface area contributed by atoms with Gasteiger partial charge in [0.1, 0.15) is 30.1 Å². The van der Waals surface area contributed by atoms with Crippen molar-refractivity contribution in [1.82, 2.24) is 4.90 Å². The van der Waals surface area contributed by atoms with Crippen LogP contribution in [0.2, 0.25) is 0 Å². The Kier molecular flexibility index (Phi) is 18.4. The van der Waals surface area contributed by atoms with Crippen molar-refractivity contribution in [2.45, 2.75) is 172 Å². The zero-order valence-electron chi connectivity index (χ0n) is 39.6. The SMILES string of the molecule is CCC1C=C(C)CC(C)CC(OC)C2OC(O)(C(=O)C(=O)N3CCCCC3C(=O)OC(C(C)=CC3CCC(OS(=O)(=O)c4ccccc4[N+](=O)[O-])C(O)C3)C(C)CCC1=O)C(C)CC2OC. The third kappa shape index (κ3) is 12.4. The van der Waals surface area contributed by atoms with Gasteiger partial charge in [-0.25, -0.2) is 4.79 Å². The highest BCUT2D eigenvalue weighted by Crippen LogP contribution is 2.40. The first-order valence-electron chi connectivity index (χ1n) is 23.4. The first kappa shape index (κ1) is 53.1. The van der Waals surface area contributed by atoms with Gasteiger partial charge in [0.15, 0.2) is 4.90 Å². The Hall–Kier alpha value is -3.91. The number of ether oxygens (including phenoxy) is 4. The van der Waals surface area contributed by atoms with Crippen molar-refractivity contribution in [3.63, 3.8) is 0 Å². The molecule has 13 unspecified atom stereocenters. The van der Waals surface area contributed by atoms with Gasteiger partial charge < -0.3 is 34.1 Å². The molecule has 2 saturated heterocycles. The normalized spacial score (nSPS) is 35.3. The van der Waals surface area contributed by atoms with E-state index in [1.807, 2.05) is 39.8 Å². The van der Waals surface area contributed by atoms with Crippen LogP contribution < -0.4 is 0 Å². The molecule has 1 aromatic rings. The van der Waals surface area contributed by atoms with E-state index in [9.17, 15) is 47.9 Å². The second-order valence-corrected chi connectivity index (χ2v) is 20.6. The van der Waals surface area contributed by atoms with E-state index >= 15 is 0 Å². The van der Waals surface area contributed by atoms with Gasteiger partial charge in [-0.05, 0) is 114 Å². The molecule has 17 nitrogen and oxygen atoms in total. The Bertz CT molecular complexity index is 2090. The van der Waals surface area contributed by atoms with Crippen LogP contribution in [0.25, 0.3) is 0 Å². The molecule has 18 heteroatoms. The summed E-state index contributed by atoms with van der Waals surface area (Å²) in [5.74, 6) is -7.44. The van der Waals surface area contributed by atoms with Gasteiger partial charge in [-0.1, -0.05) is 57.6 Å². The van der Waals surface area contributed by atoms with Crippen molar-refractivity contribution < 1.29 is 65.9 Å². The maximum atomic E-state index is 14.4. The second-order valence-electron chi connectivity index (χ2n) is 19.1. The van der Waals surface area contributed by atoms with Crippen LogP contribution in [0.5, 0.6) is 0 Å². The number of esters is 1. The van der Waals surface area contributed by atoms with Crippen LogP contribution in [-0.4, -0.2) is 121 Å². The van der Waals surface area contributed by atoms with Gasteiger partial charge in [-0.3, -0.25) is 28.7 Å². The summed E-state index contributed by atoms with van der Waals surface area (Å²) < 4.78 is 56.0. The average molecular weight is 947 g/mol. The maximum absolute atomic E-state index is 14.4. The van der Waals surface area contributed by atoms with E-state index in [1.165, 1.54) is 31.3 Å². The molecule has 0 radical (unpaired) electrons. The molecule has 2 bridgehead atoms. The molecule has 0 spiro atoms. The fourth-order valence-electron chi connectivity index (χ4n) is 10.3. The number of fused-ring (bicyclic) bond motifs is 3. The second kappa shape index (κ2) is 22.9. The lowest BCUT2D eigenvalue weighted by Crippen LogP contribution is -2.64. The number of allylic oxidation sites excluding steroid dienone is 3. The van der Waals surface area contributed by atoms with Crippen LogP contribution in [-0.2, 0) is 52.4 Å². The van der Waals surface area contributed by atoms with Crippen molar-refractivity contribution in [2.75, 3.05) is 20.8 Å². The molecule has 66 heavy (non-hydrogen) atoms. The number of rotatable bonds is 9. The molecule has 1 aromatic carbocycles. The molecule has 3 fully saturated rings. The number of methoxy groups -OCH3 is 2. The van der Waals surface area contributed by atoms with E-state index < -0.39 is 104 Å². The standard InChI is InChI=1S/C48H70N2O15S/c1-9-34-23-28(2)22-29(3)24-40(61-7)44-41(62-8)26-32(6)48(56,64-44)45(53)46(54)49-21-13-12-15-36(49)47(55)63-43(30(4)17-19-37(34)51)31(5)25-33-18-20-39(38(52)27-33)65-66(59,60)42-16-11-10-14-35(42)50(57)58/h10-11,14,16,23,25,29-30,32-34,36,38-41,43-44,52,56H,9,12-13,15,17-22,24,26-27H2,1-8H3. The number of ketones is 2. The zero-order valence-corrected chi connectivity index (χ0v) is 40.4. The number of hydrogen-bond acceptors (Lipinski definition) is 15. The van der Waals surface area contributed by atoms with Gasteiger partial charge in [0.2, 0.25) is 5.79 Å². The number of aliphatic hydroxyl groups excluding tert-OH is 1. The highest BCUT2D eigenvalue weighted by molar-refractivity contribution is 7.87. The van der Waals surface area contributed by atoms with Gasteiger partial charge in [-0.15, -0.1) is 0 Å². The summed E-state index contributed by atoms with van der Waals surface area (Å²) in [7, 11) is -1.58. The minimum Gasteiger partial charge on any atom is -0.456 e. The van der Waals surface area contributed by atoms with E-state index in [-0.39, 0.29) is 62.2 Å². The Morgan fingerprint density at radius 1 is 0.985 bits per heavy atom. The largest absolute Gasteiger partial charge is 0.456 e. The lowest BCUT2D eigenvalue weighted by molar-refractivity contribution is -0.387. The summed E-state index contributed by atoms with van der Waals surface area (Å²) in [6.07, 6.45) is 2.59. The highest BCUT2D eigenvalue weighted by Gasteiger charge is 2.56. The van der Waals surface area contributed by atoms with Crippen LogP contribution in [0.4, 0.5) is 5.69 Å². The molecule has 1 amide bonds. The number of amides is 1. The van der Waals surface area contributed by atoms with Gasteiger partial charge in [0, 0.05) is 45.1 Å². The smallest absolute Gasteiger partial charge is 0.329 e. The Labute approximate surface area is 388 Å². The van der Waals surface area contributed by atoms with Crippen LogP contribution in [0, 0.1) is 39.7 Å². The highest BCUT2D eigenvalue weighted by atomic mass is 32.2. The van der Waals surface area contributed by atoms with Crippen LogP contribution >= 0.6 is 0 Å². The molecule has 1 saturated carbocycles. The van der Waals surface area contributed by atoms with Crippen LogP contribution in [0.3, 0.4) is 0 Å². The average Bonchev–Trinajstić information content (AvgIpc) is 3.28. The molecular weight excluding hydrogens is 877 g/mol. The Balaban J connectivity index is 1.45. The molecule has 368 valence electrons. The van der Waals surface area contributed by atoms with Crippen LogP contribution in [0.15, 0.2) is 52.5 Å². The third-order valence-electron chi connectivity index (χ3n) is 14.0. The first-order valence-corrected chi connectivity index (χ1v) is 24.8. The number of nitro benzene ring substituents is 1. The number of cyclic esters (lactones) is 1. The molecule has 2 N–H and O–H groups in total. The lowest BCUT2D eigenvalue weighted by atomic mass is 9.82. The van der Waals surface area contributed by atoms with Crippen molar-refractivity contribution in [1.29, 1.82) is 0 Å². The van der Waals surface area contributed by atoms with E-state index in [2.05, 4.69) is 0 Å². The van der Waals surface area contributed by atoms with Crippen molar-refractivity contribution in [2.24, 2.45) is 29.6 Å². The number of nitrogens with zero attached hydrogens (tertiary/aromatic N) is 2. The fourth-order valence-corrected chi connectivity index (χ4v) is 11.6. The summed E-state index contributed by atoms with van der Waals surface area (Å²) in [6, 6.07) is 3.65. The van der Waals surface area contributed by atoms with Gasteiger partial charge in [0.25, 0.3) is 17.4 Å². The van der Waals surface area contributed by atoms with E-state index in [0.29, 0.717) is 50.5 Å². The number of para-hydroxylation sites is 1. The van der Waals surface area contributed by atoms with Gasteiger partial charge >= 0.3 is 16.1 Å². The number of carbonyl (C=O) groups excluding carboxylic acids is 4. The number of benzene rings is 1. The van der Waals surface area contributed by atoms with Crippen molar-refractivity contribution in [3.8, 4) is 0 Å². The number of hydrogen-bond donors (Lipinski definition) is 2. The lowest BCUT2D eigenvalue weighted by Gasteiger charge is -2.47. The number of nitro groups is 1. The van der Waals surface area contributed by atoms with E-state index in [4.69, 9.17) is 23.1 Å². The van der Waals surface area contributed by atoms with Crippen molar-refractivity contribution in [3.05, 3.63) is 57.7 Å². The molecule has 13 atom stereocenters. The predicted octanol–water partition coefficient (Wildman–Crippen LogP) is 6.17. The van der Waals surface area contributed by atoms with Crippen LogP contribution in [0.1, 0.15) is 119 Å². The molecule has 5 rings (SSSR count). The summed E-state index contributed by atoms with van der Waals surface area (Å²) in [6.45, 7) is 11.3. The Morgan fingerprint density at radius 2 is 1.67 bits per heavy atom. The predicted molar refractivity (Wildman–Crippen MR) is 241 cm³/mol. The molecule has 0 aromatic heterocycles. The Morgan fingerprint density at radius 3 is 2.32 bits per heavy atom. The topological polar surface area (TPSA) is 235 Å². The zero-order chi connectivity index (χ0) is 48.7. The fraction of sp³-hybridized carbons (Fsp3) is 0.708. The quantitative estimate of drug-likeness (QED) is 0.0704. The molecule has 3 aliphatic heterocycles. The van der Waals surface area contributed by atoms with E-state index in [0.717, 1.165) is 17.7 Å². The number of Topliss-reactive ketones (excluding diaryl/α,β-unsaturated/α-hetero) is 2. The summed E-state index contributed by atoms with van der Waals surface area (Å²) >= 11 is 0. The number of aliphatic hydroxyl groups is 2. The third-order valence-corrected chi connectivity index (χ3v) is 15.4. The summed E-state index contributed by atoms with van der Waals surface area (Å²) in [5, 5.41) is 34.8.